The van der Waals surface area contributed by atoms with Gasteiger partial charge in [-0.15, -0.1) is 0 Å². The lowest BCUT2D eigenvalue weighted by Crippen LogP contribution is -2.15. The number of hydrogen-bond donors (Lipinski definition) is 2. The first kappa shape index (κ1) is 6.01. The zero-order chi connectivity index (χ0) is 6.15. The lowest BCUT2D eigenvalue weighted by Gasteiger charge is -2.03. The molecule has 48 valence electrons. The molecule has 1 fully saturated rings. The first-order chi connectivity index (χ1) is 3.70. The van der Waals surface area contributed by atoms with E-state index in [9.17, 15) is 0 Å². The van der Waals surface area contributed by atoms with Crippen LogP contribution in [0, 0.1) is 0 Å². The highest BCUT2D eigenvalue weighted by Crippen LogP contribution is 2.16. The third-order valence-electron chi connectivity index (χ3n) is 1.36. The summed E-state index contributed by atoms with van der Waals surface area (Å²) in [6.07, 6.45) is -1.09. The molecule has 1 saturated heterocycles. The Bertz CT molecular complexity index is 73.7. The third-order valence-corrected chi connectivity index (χ3v) is 1.36. The molecule has 0 aliphatic carbocycles. The van der Waals surface area contributed by atoms with E-state index in [2.05, 4.69) is 0 Å². The van der Waals surface area contributed by atoms with E-state index in [1.54, 1.807) is 6.92 Å². The highest BCUT2D eigenvalue weighted by atomic mass is 16.6. The van der Waals surface area contributed by atoms with E-state index in [-0.39, 0.29) is 6.10 Å². The maximum absolute atomic E-state index is 8.88. The van der Waals surface area contributed by atoms with E-state index in [1.165, 1.54) is 0 Å². The average molecular weight is 118 g/mol. The molecule has 8 heavy (non-hydrogen) atoms. The first-order valence-corrected chi connectivity index (χ1v) is 2.71. The van der Waals surface area contributed by atoms with Gasteiger partial charge in [0, 0.05) is 6.42 Å². The first-order valence-electron chi connectivity index (χ1n) is 2.71. The molecule has 1 heterocycles. The van der Waals surface area contributed by atoms with Crippen molar-refractivity contribution in [3.63, 3.8) is 0 Å². The van der Waals surface area contributed by atoms with E-state index >= 15 is 0 Å². The van der Waals surface area contributed by atoms with Gasteiger partial charge in [0.15, 0.2) is 6.29 Å². The average Bonchev–Trinajstić information content (AvgIpc) is 1.85. The van der Waals surface area contributed by atoms with Crippen molar-refractivity contribution >= 4 is 0 Å². The summed E-state index contributed by atoms with van der Waals surface area (Å²) in [5, 5.41) is 17.6. The molecule has 2 N–H and O–H groups in total. The number of aliphatic hydroxyl groups excluding tert-OH is 2. The SMILES string of the molecule is C[C@@H]1OC(O)C[C@H]1O. The molecule has 0 bridgehead atoms. The minimum Gasteiger partial charge on any atom is -0.390 e. The second kappa shape index (κ2) is 2.01. The van der Waals surface area contributed by atoms with Crippen molar-refractivity contribution in [2.45, 2.75) is 31.8 Å². The van der Waals surface area contributed by atoms with Gasteiger partial charge in [0.25, 0.3) is 0 Å². The molecule has 1 unspecified atom stereocenters. The second-order valence-electron chi connectivity index (χ2n) is 2.10. The summed E-state index contributed by atoms with van der Waals surface area (Å²) in [6.45, 7) is 1.74. The maximum atomic E-state index is 8.88. The van der Waals surface area contributed by atoms with Gasteiger partial charge in [-0.3, -0.25) is 0 Å². The van der Waals surface area contributed by atoms with Crippen molar-refractivity contribution in [2.24, 2.45) is 0 Å². The zero-order valence-electron chi connectivity index (χ0n) is 4.74. The van der Waals surface area contributed by atoms with Crippen molar-refractivity contribution in [1.82, 2.24) is 0 Å². The number of ether oxygens (including phenoxy) is 1. The van der Waals surface area contributed by atoms with Crippen molar-refractivity contribution in [1.29, 1.82) is 0 Å². The van der Waals surface area contributed by atoms with Crippen LogP contribution in [0.3, 0.4) is 0 Å². The molecule has 0 saturated carbocycles. The molecule has 1 aliphatic rings. The van der Waals surface area contributed by atoms with Crippen LogP contribution in [0.25, 0.3) is 0 Å². The van der Waals surface area contributed by atoms with Gasteiger partial charge in [-0.2, -0.15) is 0 Å². The van der Waals surface area contributed by atoms with Crippen LogP contribution in [0.4, 0.5) is 0 Å². The Morgan fingerprint density at radius 1 is 1.50 bits per heavy atom. The van der Waals surface area contributed by atoms with Gasteiger partial charge >= 0.3 is 0 Å². The van der Waals surface area contributed by atoms with Crippen LogP contribution in [0.1, 0.15) is 13.3 Å². The van der Waals surface area contributed by atoms with Gasteiger partial charge in [-0.05, 0) is 6.92 Å². The zero-order valence-corrected chi connectivity index (χ0v) is 4.74. The molecule has 0 radical (unpaired) electrons. The summed E-state index contributed by atoms with van der Waals surface area (Å²) < 4.78 is 4.78. The number of rotatable bonds is 0. The van der Waals surface area contributed by atoms with Crippen LogP contribution >= 0.6 is 0 Å². The third kappa shape index (κ3) is 0.992. The molecule has 3 heteroatoms. The lowest BCUT2D eigenvalue weighted by atomic mass is 10.2. The Morgan fingerprint density at radius 3 is 2.25 bits per heavy atom. The van der Waals surface area contributed by atoms with Crippen molar-refractivity contribution in [2.75, 3.05) is 0 Å². The predicted molar refractivity (Wildman–Crippen MR) is 27.2 cm³/mol. The molecule has 0 aromatic rings. The molecular formula is C5H10O3. The molecule has 0 spiro atoms. The van der Waals surface area contributed by atoms with Crippen molar-refractivity contribution in [3.05, 3.63) is 0 Å². The smallest absolute Gasteiger partial charge is 0.157 e. The summed E-state index contributed by atoms with van der Waals surface area (Å²) in [5.41, 5.74) is 0. The topological polar surface area (TPSA) is 49.7 Å². The minimum absolute atomic E-state index is 0.204. The summed E-state index contributed by atoms with van der Waals surface area (Å²) >= 11 is 0. The lowest BCUT2D eigenvalue weighted by molar-refractivity contribution is -0.0889. The van der Waals surface area contributed by atoms with Crippen LogP contribution in [-0.2, 0) is 4.74 Å². The quantitative estimate of drug-likeness (QED) is 0.449. The Morgan fingerprint density at radius 2 is 2.12 bits per heavy atom. The van der Waals surface area contributed by atoms with Crippen LogP contribution in [-0.4, -0.2) is 28.7 Å². The molecule has 3 atom stereocenters. The molecule has 0 aromatic carbocycles. The normalized spacial score (nSPS) is 47.6. The highest BCUT2D eigenvalue weighted by molar-refractivity contribution is 4.72. The van der Waals surface area contributed by atoms with Crippen LogP contribution < -0.4 is 0 Å². The van der Waals surface area contributed by atoms with Gasteiger partial charge in [-0.1, -0.05) is 0 Å². The highest BCUT2D eigenvalue weighted by Gasteiger charge is 2.28. The van der Waals surface area contributed by atoms with Gasteiger partial charge in [0.05, 0.1) is 12.2 Å². The minimum atomic E-state index is -0.750. The summed E-state index contributed by atoms with van der Waals surface area (Å²) in [5.74, 6) is 0. The van der Waals surface area contributed by atoms with Gasteiger partial charge in [0.2, 0.25) is 0 Å². The summed E-state index contributed by atoms with van der Waals surface area (Å²) in [4.78, 5) is 0. The van der Waals surface area contributed by atoms with Gasteiger partial charge in [-0.25, -0.2) is 0 Å². The molecule has 1 aliphatic heterocycles. The summed E-state index contributed by atoms with van der Waals surface area (Å²) in [7, 11) is 0. The molecule has 3 nitrogen and oxygen atoms in total. The second-order valence-corrected chi connectivity index (χ2v) is 2.10. The monoisotopic (exact) mass is 118 g/mol. The van der Waals surface area contributed by atoms with Crippen molar-refractivity contribution < 1.29 is 14.9 Å². The van der Waals surface area contributed by atoms with E-state index < -0.39 is 12.4 Å². The molecule has 1 rings (SSSR count). The van der Waals surface area contributed by atoms with E-state index in [1.807, 2.05) is 0 Å². The fourth-order valence-corrected chi connectivity index (χ4v) is 0.792. The van der Waals surface area contributed by atoms with E-state index in [4.69, 9.17) is 14.9 Å². The fourth-order valence-electron chi connectivity index (χ4n) is 0.792. The van der Waals surface area contributed by atoms with Crippen LogP contribution in [0.2, 0.25) is 0 Å². The molecule has 0 amide bonds. The standard InChI is InChI=1S/C5H10O3/c1-3-4(6)2-5(7)8-3/h3-7H,2H2,1H3/t3-,4+,5?/m0/s1. The Labute approximate surface area is 47.9 Å². The molecular weight excluding hydrogens is 108 g/mol. The molecule has 0 aromatic heterocycles. The number of hydrogen-bond acceptors (Lipinski definition) is 3. The number of aliphatic hydroxyl groups is 2. The Balaban J connectivity index is 2.39. The fraction of sp³-hybridized carbons (Fsp3) is 1.00. The van der Waals surface area contributed by atoms with Crippen LogP contribution in [0.15, 0.2) is 0 Å². The predicted octanol–water partition coefficient (Wildman–Crippen LogP) is -0.526. The van der Waals surface area contributed by atoms with Crippen molar-refractivity contribution in [3.8, 4) is 0 Å². The van der Waals surface area contributed by atoms with E-state index in [0.717, 1.165) is 0 Å². The van der Waals surface area contributed by atoms with Gasteiger partial charge in [0.1, 0.15) is 0 Å². The maximum Gasteiger partial charge on any atom is 0.157 e. The van der Waals surface area contributed by atoms with Gasteiger partial charge < -0.3 is 14.9 Å². The Kier molecular flexibility index (Phi) is 1.51. The Hall–Kier alpha value is -0.120. The summed E-state index contributed by atoms with van der Waals surface area (Å²) in [6, 6.07) is 0. The van der Waals surface area contributed by atoms with Crippen LogP contribution in [0.5, 0.6) is 0 Å². The van der Waals surface area contributed by atoms with E-state index in [0.29, 0.717) is 6.42 Å². The largest absolute Gasteiger partial charge is 0.390 e.